The van der Waals surface area contributed by atoms with E-state index < -0.39 is 60.3 Å². The molecule has 0 radical (unpaired) electrons. The van der Waals surface area contributed by atoms with Crippen LogP contribution in [0.15, 0.2) is 54.7 Å². The molecular weight excluding hydrogens is 591 g/mol. The molecular formula is C30H25F5N4O5. The van der Waals surface area contributed by atoms with Crippen molar-refractivity contribution in [3.05, 3.63) is 82.9 Å². The molecule has 230 valence electrons. The standard InChI is InChI=1S/C30H25F5N4O5/c1-15-7-17-8-18(9-21(43-2)23(17)37-11-15)26(40)38-13-29(42,30(33,34)35)22-10-20-25(44-14-28(20,12-31)27(36)41)24(39-22)16-3-5-19(32)6-4-16/h3-11,42H,12-14H2,1-2H3,(H2,36,41)(H,38,40)/t28-,29?/m0/s1. The van der Waals surface area contributed by atoms with Crippen LogP contribution in [0.2, 0.25) is 0 Å². The van der Waals surface area contributed by atoms with Crippen LogP contribution in [0.5, 0.6) is 11.5 Å². The number of carbonyl (C=O) groups is 2. The average molecular weight is 617 g/mol. The van der Waals surface area contributed by atoms with Crippen molar-refractivity contribution >= 4 is 22.7 Å². The number of aliphatic hydroxyl groups is 1. The van der Waals surface area contributed by atoms with Crippen LogP contribution in [0.25, 0.3) is 22.2 Å². The highest BCUT2D eigenvalue weighted by Crippen LogP contribution is 2.48. The first-order valence-corrected chi connectivity index (χ1v) is 13.1. The lowest BCUT2D eigenvalue weighted by atomic mass is 9.81. The van der Waals surface area contributed by atoms with Crippen LogP contribution < -0.4 is 20.5 Å². The van der Waals surface area contributed by atoms with Crippen molar-refractivity contribution in [2.45, 2.75) is 24.1 Å². The Balaban J connectivity index is 1.61. The molecule has 4 N–H and O–H groups in total. The zero-order valence-corrected chi connectivity index (χ0v) is 23.3. The van der Waals surface area contributed by atoms with Crippen molar-refractivity contribution in [3.63, 3.8) is 0 Å². The van der Waals surface area contributed by atoms with Gasteiger partial charge in [-0.05, 0) is 61.0 Å². The molecule has 2 atom stereocenters. The maximum atomic E-state index is 14.7. The largest absolute Gasteiger partial charge is 0.494 e. The van der Waals surface area contributed by atoms with Crippen molar-refractivity contribution in [1.82, 2.24) is 15.3 Å². The van der Waals surface area contributed by atoms with E-state index in [1.165, 1.54) is 31.4 Å². The lowest BCUT2D eigenvalue weighted by Gasteiger charge is -2.31. The zero-order chi connectivity index (χ0) is 32.0. The first-order valence-electron chi connectivity index (χ1n) is 13.1. The highest BCUT2D eigenvalue weighted by Gasteiger charge is 2.58. The van der Waals surface area contributed by atoms with Crippen LogP contribution >= 0.6 is 0 Å². The van der Waals surface area contributed by atoms with Gasteiger partial charge in [-0.15, -0.1) is 0 Å². The molecule has 2 amide bonds. The number of hydrogen-bond donors (Lipinski definition) is 3. The van der Waals surface area contributed by atoms with Crippen molar-refractivity contribution < 1.29 is 46.1 Å². The zero-order valence-electron chi connectivity index (χ0n) is 23.3. The molecule has 14 heteroatoms. The average Bonchev–Trinajstić information content (AvgIpc) is 3.38. The van der Waals surface area contributed by atoms with Gasteiger partial charge < -0.3 is 25.6 Å². The number of carbonyl (C=O) groups excluding carboxylic acids is 2. The fourth-order valence-electron chi connectivity index (χ4n) is 4.96. The van der Waals surface area contributed by atoms with E-state index in [1.807, 2.05) is 0 Å². The van der Waals surface area contributed by atoms with E-state index in [1.54, 1.807) is 19.2 Å². The van der Waals surface area contributed by atoms with Crippen LogP contribution in [0, 0.1) is 12.7 Å². The van der Waals surface area contributed by atoms with Crippen LogP contribution in [-0.2, 0) is 15.8 Å². The number of primary amides is 1. The predicted octanol–water partition coefficient (Wildman–Crippen LogP) is 4.02. The third-order valence-electron chi connectivity index (χ3n) is 7.53. The summed E-state index contributed by atoms with van der Waals surface area (Å²) >= 11 is 0. The number of methoxy groups -OCH3 is 1. The molecule has 2 aromatic heterocycles. The summed E-state index contributed by atoms with van der Waals surface area (Å²) in [6, 6.07) is 9.46. The second kappa shape index (κ2) is 11.0. The topological polar surface area (TPSA) is 137 Å². The molecule has 0 aliphatic carbocycles. The summed E-state index contributed by atoms with van der Waals surface area (Å²) < 4.78 is 82.8. The summed E-state index contributed by atoms with van der Waals surface area (Å²) in [6.45, 7) is -1.75. The van der Waals surface area contributed by atoms with E-state index in [9.17, 15) is 36.6 Å². The van der Waals surface area contributed by atoms with Gasteiger partial charge in [-0.1, -0.05) is 0 Å². The molecule has 44 heavy (non-hydrogen) atoms. The number of benzene rings is 2. The summed E-state index contributed by atoms with van der Waals surface area (Å²) in [5.74, 6) is -2.94. The van der Waals surface area contributed by atoms with Gasteiger partial charge in [-0.2, -0.15) is 13.2 Å². The number of nitrogens with one attached hydrogen (secondary N) is 1. The minimum Gasteiger partial charge on any atom is -0.494 e. The number of aromatic nitrogens is 2. The predicted molar refractivity (Wildman–Crippen MR) is 147 cm³/mol. The van der Waals surface area contributed by atoms with Crippen LogP contribution in [0.4, 0.5) is 22.0 Å². The summed E-state index contributed by atoms with van der Waals surface area (Å²) in [7, 11) is 1.34. The molecule has 4 aromatic rings. The van der Waals surface area contributed by atoms with Gasteiger partial charge in [0.15, 0.2) is 0 Å². The highest BCUT2D eigenvalue weighted by molar-refractivity contribution is 6.00. The van der Waals surface area contributed by atoms with Gasteiger partial charge in [0.2, 0.25) is 11.5 Å². The van der Waals surface area contributed by atoms with Gasteiger partial charge in [0, 0.05) is 28.3 Å². The van der Waals surface area contributed by atoms with Crippen molar-refractivity contribution in [3.8, 4) is 22.8 Å². The van der Waals surface area contributed by atoms with Crippen molar-refractivity contribution in [1.29, 1.82) is 0 Å². The number of halogens is 5. The Bertz CT molecular complexity index is 1780. The van der Waals surface area contributed by atoms with E-state index in [0.29, 0.717) is 17.0 Å². The number of pyridine rings is 2. The number of fused-ring (bicyclic) bond motifs is 2. The maximum Gasteiger partial charge on any atom is 0.424 e. The van der Waals surface area contributed by atoms with Gasteiger partial charge in [-0.3, -0.25) is 14.6 Å². The van der Waals surface area contributed by atoms with E-state index in [0.717, 1.165) is 17.7 Å². The molecule has 0 saturated heterocycles. The normalized spacial score (nSPS) is 17.5. The van der Waals surface area contributed by atoms with Gasteiger partial charge in [0.05, 0.1) is 19.3 Å². The summed E-state index contributed by atoms with van der Waals surface area (Å²) in [5, 5.41) is 13.8. The summed E-state index contributed by atoms with van der Waals surface area (Å²) in [6.07, 6.45) is -3.87. The third kappa shape index (κ3) is 5.04. The number of amides is 2. The van der Waals surface area contributed by atoms with Gasteiger partial charge in [0.25, 0.3) is 5.91 Å². The number of ether oxygens (including phenoxy) is 2. The Kier molecular flexibility index (Phi) is 7.66. The fraction of sp³-hybridized carbons (Fsp3) is 0.267. The molecule has 2 aromatic carbocycles. The number of rotatable bonds is 8. The fourth-order valence-corrected chi connectivity index (χ4v) is 4.96. The number of nitrogens with two attached hydrogens (primary N) is 1. The number of hydrogen-bond acceptors (Lipinski definition) is 7. The molecule has 1 unspecified atom stereocenters. The SMILES string of the molecule is COc1cc(C(=O)NCC(O)(c2cc3c(c(-c4ccc(F)cc4)n2)OC[C@]3(CF)C(N)=O)C(F)(F)F)cc2cc(C)cnc12. The first kappa shape index (κ1) is 30.6. The monoisotopic (exact) mass is 616 g/mol. The Hall–Kier alpha value is -4.85. The first-order chi connectivity index (χ1) is 20.7. The molecule has 5 rings (SSSR count). The molecule has 0 spiro atoms. The van der Waals surface area contributed by atoms with Crippen LogP contribution in [0.1, 0.15) is 27.2 Å². The minimum absolute atomic E-state index is 0.0457. The number of alkyl halides is 4. The minimum atomic E-state index is -5.45. The summed E-state index contributed by atoms with van der Waals surface area (Å²) in [4.78, 5) is 33.8. The second-order valence-electron chi connectivity index (χ2n) is 10.4. The Labute approximate surface area is 246 Å². The third-order valence-corrected chi connectivity index (χ3v) is 7.53. The molecule has 1 aliphatic heterocycles. The van der Waals surface area contributed by atoms with Gasteiger partial charge in [0.1, 0.15) is 47.2 Å². The number of aryl methyl sites for hydroxylation is 1. The highest BCUT2D eigenvalue weighted by atomic mass is 19.4. The lowest BCUT2D eigenvalue weighted by molar-refractivity contribution is -0.265. The molecule has 0 saturated carbocycles. The Morgan fingerprint density at radius 1 is 1.16 bits per heavy atom. The van der Waals surface area contributed by atoms with Crippen molar-refractivity contribution in [2.24, 2.45) is 5.73 Å². The molecule has 9 nitrogen and oxygen atoms in total. The molecule has 1 aliphatic rings. The summed E-state index contributed by atoms with van der Waals surface area (Å²) in [5.41, 5.74) is -1.23. The molecule has 0 fully saturated rings. The van der Waals surface area contributed by atoms with Gasteiger partial charge >= 0.3 is 6.18 Å². The van der Waals surface area contributed by atoms with E-state index in [4.69, 9.17) is 15.2 Å². The van der Waals surface area contributed by atoms with E-state index in [2.05, 4.69) is 15.3 Å². The van der Waals surface area contributed by atoms with Crippen molar-refractivity contribution in [2.75, 3.05) is 26.9 Å². The maximum absolute atomic E-state index is 14.7. The smallest absolute Gasteiger partial charge is 0.424 e. The Morgan fingerprint density at radius 3 is 2.48 bits per heavy atom. The number of nitrogens with zero attached hydrogens (tertiary/aromatic N) is 2. The Morgan fingerprint density at radius 2 is 1.86 bits per heavy atom. The second-order valence-corrected chi connectivity index (χ2v) is 10.4. The van der Waals surface area contributed by atoms with Crippen LogP contribution in [-0.4, -0.2) is 60.0 Å². The van der Waals surface area contributed by atoms with E-state index >= 15 is 0 Å². The van der Waals surface area contributed by atoms with E-state index in [-0.39, 0.29) is 33.9 Å². The van der Waals surface area contributed by atoms with Gasteiger partial charge in [-0.25, -0.2) is 13.8 Å². The lowest BCUT2D eigenvalue weighted by Crippen LogP contribution is -2.52. The molecule has 3 heterocycles. The van der Waals surface area contributed by atoms with Crippen LogP contribution in [0.3, 0.4) is 0 Å². The quantitative estimate of drug-likeness (QED) is 0.255. The molecule has 0 bridgehead atoms.